The van der Waals surface area contributed by atoms with Crippen LogP contribution in [-0.4, -0.2) is 37.1 Å². The zero-order valence-corrected chi connectivity index (χ0v) is 13.6. The molecule has 1 aliphatic rings. The Kier molecular flexibility index (Phi) is 4.66. The molecule has 0 amide bonds. The van der Waals surface area contributed by atoms with Gasteiger partial charge >= 0.3 is 7.12 Å². The molecule has 1 fully saturated rings. The third-order valence-corrected chi connectivity index (χ3v) is 4.27. The second-order valence-electron chi connectivity index (χ2n) is 6.36. The van der Waals surface area contributed by atoms with Gasteiger partial charge in [-0.15, -0.1) is 0 Å². The Morgan fingerprint density at radius 3 is 2.36 bits per heavy atom. The zero-order valence-electron chi connectivity index (χ0n) is 13.6. The molecule has 0 aliphatic carbocycles. The molecule has 1 N–H and O–H groups in total. The molecule has 120 valence electrons. The summed E-state index contributed by atoms with van der Waals surface area (Å²) in [6.45, 7) is 7.58. The van der Waals surface area contributed by atoms with E-state index in [9.17, 15) is 9.50 Å². The minimum absolute atomic E-state index is 0.153. The van der Waals surface area contributed by atoms with Crippen molar-refractivity contribution in [2.45, 2.75) is 38.9 Å². The topological polar surface area (TPSA) is 47.9 Å². The highest BCUT2D eigenvalue weighted by Crippen LogP contribution is 2.38. The average molecular weight is 308 g/mol. The van der Waals surface area contributed by atoms with Gasteiger partial charge in [0.2, 0.25) is 0 Å². The van der Waals surface area contributed by atoms with Crippen molar-refractivity contribution in [1.29, 1.82) is 0 Å². The van der Waals surface area contributed by atoms with E-state index < -0.39 is 24.1 Å². The standard InChI is InChI=1S/C16H22BFO4/c1-15(2)16(3,4)22-17(21-15)12(10-19)8-11-6-7-13(18)14(9-11)20-5/h6-9,19H,10H2,1-5H3. The van der Waals surface area contributed by atoms with E-state index in [1.807, 2.05) is 27.7 Å². The summed E-state index contributed by atoms with van der Waals surface area (Å²) in [6.07, 6.45) is 1.73. The third kappa shape index (κ3) is 3.19. The van der Waals surface area contributed by atoms with Crippen LogP contribution in [0.4, 0.5) is 4.39 Å². The van der Waals surface area contributed by atoms with Crippen LogP contribution >= 0.6 is 0 Å². The van der Waals surface area contributed by atoms with Gasteiger partial charge in [0.15, 0.2) is 11.6 Å². The maximum atomic E-state index is 13.4. The van der Waals surface area contributed by atoms with E-state index in [0.717, 1.165) is 0 Å². The van der Waals surface area contributed by atoms with E-state index in [2.05, 4.69) is 0 Å². The van der Waals surface area contributed by atoms with Gasteiger partial charge in [0.05, 0.1) is 24.9 Å². The summed E-state index contributed by atoms with van der Waals surface area (Å²) in [5, 5.41) is 9.64. The molecule has 0 spiro atoms. The van der Waals surface area contributed by atoms with Gasteiger partial charge in [0, 0.05) is 0 Å². The predicted octanol–water partition coefficient (Wildman–Crippen LogP) is 2.84. The Labute approximate surface area is 131 Å². The van der Waals surface area contributed by atoms with Crippen molar-refractivity contribution in [2.24, 2.45) is 0 Å². The van der Waals surface area contributed by atoms with Gasteiger partial charge in [-0.1, -0.05) is 12.1 Å². The van der Waals surface area contributed by atoms with Crippen molar-refractivity contribution in [3.05, 3.63) is 35.1 Å². The Morgan fingerprint density at radius 1 is 1.27 bits per heavy atom. The summed E-state index contributed by atoms with van der Waals surface area (Å²) in [5.74, 6) is -0.277. The quantitative estimate of drug-likeness (QED) is 0.869. The van der Waals surface area contributed by atoms with Crippen LogP contribution in [0.15, 0.2) is 23.7 Å². The van der Waals surface area contributed by atoms with Crippen molar-refractivity contribution in [1.82, 2.24) is 0 Å². The number of benzene rings is 1. The van der Waals surface area contributed by atoms with E-state index in [1.165, 1.54) is 13.2 Å². The predicted molar refractivity (Wildman–Crippen MR) is 84.1 cm³/mol. The second kappa shape index (κ2) is 6.03. The first-order chi connectivity index (χ1) is 10.2. The molecule has 0 bridgehead atoms. The van der Waals surface area contributed by atoms with Crippen molar-refractivity contribution < 1.29 is 23.5 Å². The highest BCUT2D eigenvalue weighted by Gasteiger charge is 2.52. The molecular formula is C16H22BFO4. The highest BCUT2D eigenvalue weighted by molar-refractivity contribution is 6.55. The largest absolute Gasteiger partial charge is 0.494 e. The smallest absolute Gasteiger partial charge is 0.492 e. The lowest BCUT2D eigenvalue weighted by molar-refractivity contribution is 0.00578. The summed E-state index contributed by atoms with van der Waals surface area (Å²) < 4.78 is 30.2. The van der Waals surface area contributed by atoms with Crippen LogP contribution in [0.5, 0.6) is 5.75 Å². The molecule has 1 heterocycles. The molecule has 1 aliphatic heterocycles. The lowest BCUT2D eigenvalue weighted by Crippen LogP contribution is -2.41. The summed E-state index contributed by atoms with van der Waals surface area (Å²) >= 11 is 0. The normalized spacial score (nSPS) is 20.3. The molecule has 1 saturated heterocycles. The van der Waals surface area contributed by atoms with Crippen LogP contribution in [-0.2, 0) is 9.31 Å². The molecular weight excluding hydrogens is 286 g/mol. The zero-order chi connectivity index (χ0) is 16.5. The Bertz CT molecular complexity index is 568. The maximum absolute atomic E-state index is 13.4. The molecule has 22 heavy (non-hydrogen) atoms. The van der Waals surface area contributed by atoms with Gasteiger partial charge < -0.3 is 19.2 Å². The number of hydrogen-bond acceptors (Lipinski definition) is 4. The van der Waals surface area contributed by atoms with Crippen molar-refractivity contribution >= 4 is 13.2 Å². The molecule has 1 aromatic carbocycles. The van der Waals surface area contributed by atoms with Crippen LogP contribution in [0.1, 0.15) is 33.3 Å². The Hall–Kier alpha value is -1.37. The van der Waals surface area contributed by atoms with Crippen molar-refractivity contribution in [3.8, 4) is 5.75 Å². The first-order valence-corrected chi connectivity index (χ1v) is 7.20. The van der Waals surface area contributed by atoms with E-state index in [1.54, 1.807) is 18.2 Å². The van der Waals surface area contributed by atoms with Gasteiger partial charge in [-0.25, -0.2) is 4.39 Å². The number of aliphatic hydroxyl groups excluding tert-OH is 1. The number of rotatable bonds is 4. The van der Waals surface area contributed by atoms with Gasteiger partial charge in [-0.2, -0.15) is 0 Å². The summed E-state index contributed by atoms with van der Waals surface area (Å²) in [7, 11) is 0.777. The minimum atomic E-state index is -0.633. The molecule has 0 saturated carbocycles. The number of methoxy groups -OCH3 is 1. The number of halogens is 1. The maximum Gasteiger partial charge on any atom is 0.492 e. The molecule has 4 nitrogen and oxygen atoms in total. The fourth-order valence-electron chi connectivity index (χ4n) is 2.16. The fourth-order valence-corrected chi connectivity index (χ4v) is 2.16. The highest BCUT2D eigenvalue weighted by atomic mass is 19.1. The summed E-state index contributed by atoms with van der Waals surface area (Å²) in [5.41, 5.74) is 0.322. The second-order valence-corrected chi connectivity index (χ2v) is 6.36. The van der Waals surface area contributed by atoms with E-state index >= 15 is 0 Å². The van der Waals surface area contributed by atoms with Crippen LogP contribution in [0.25, 0.3) is 6.08 Å². The third-order valence-electron chi connectivity index (χ3n) is 4.27. The lowest BCUT2D eigenvalue weighted by atomic mass is 9.77. The van der Waals surface area contributed by atoms with Gasteiger partial charge in [-0.05, 0) is 50.9 Å². The Morgan fingerprint density at radius 2 is 1.86 bits per heavy atom. The van der Waals surface area contributed by atoms with E-state index in [4.69, 9.17) is 14.0 Å². The molecule has 1 aromatic rings. The summed E-state index contributed by atoms with van der Waals surface area (Å²) in [4.78, 5) is 0. The number of aliphatic hydroxyl groups is 1. The van der Waals surface area contributed by atoms with Crippen LogP contribution < -0.4 is 4.74 Å². The van der Waals surface area contributed by atoms with E-state index in [0.29, 0.717) is 11.0 Å². The van der Waals surface area contributed by atoms with Gasteiger partial charge in [0.25, 0.3) is 0 Å². The SMILES string of the molecule is COc1cc(C=C(CO)B2OC(C)(C)C(C)(C)O2)ccc1F. The fraction of sp³-hybridized carbons (Fsp3) is 0.500. The monoisotopic (exact) mass is 308 g/mol. The van der Waals surface area contributed by atoms with Crippen molar-refractivity contribution in [3.63, 3.8) is 0 Å². The lowest BCUT2D eigenvalue weighted by Gasteiger charge is -2.32. The molecule has 0 unspecified atom stereocenters. The first kappa shape index (κ1) is 17.0. The summed E-state index contributed by atoms with van der Waals surface area (Å²) in [6, 6.07) is 4.50. The molecule has 0 radical (unpaired) electrons. The molecule has 0 aromatic heterocycles. The first-order valence-electron chi connectivity index (χ1n) is 7.20. The average Bonchev–Trinajstić information content (AvgIpc) is 2.66. The number of hydrogen-bond donors (Lipinski definition) is 1. The number of ether oxygens (including phenoxy) is 1. The molecule has 2 rings (SSSR count). The van der Waals surface area contributed by atoms with Crippen LogP contribution in [0, 0.1) is 5.82 Å². The minimum Gasteiger partial charge on any atom is -0.494 e. The van der Waals surface area contributed by atoms with Crippen molar-refractivity contribution in [2.75, 3.05) is 13.7 Å². The van der Waals surface area contributed by atoms with Gasteiger partial charge in [-0.3, -0.25) is 0 Å². The molecule has 0 atom stereocenters. The van der Waals surface area contributed by atoms with Gasteiger partial charge in [0.1, 0.15) is 0 Å². The van der Waals surface area contributed by atoms with E-state index in [-0.39, 0.29) is 12.4 Å². The van der Waals surface area contributed by atoms with Crippen LogP contribution in [0.2, 0.25) is 0 Å². The Balaban J connectivity index is 2.29. The molecule has 6 heteroatoms. The van der Waals surface area contributed by atoms with Crippen LogP contribution in [0.3, 0.4) is 0 Å².